The summed E-state index contributed by atoms with van der Waals surface area (Å²) in [6.07, 6.45) is 2.79. The van der Waals surface area contributed by atoms with Crippen LogP contribution < -0.4 is 5.32 Å². The number of aliphatic carboxylic acids is 1. The van der Waals surface area contributed by atoms with Crippen LogP contribution in [0.5, 0.6) is 0 Å². The number of rotatable bonds is 4. The molecule has 1 unspecified atom stereocenters. The molecular weight excluding hydrogens is 208 g/mol. The quantitative estimate of drug-likeness (QED) is 0.781. The van der Waals surface area contributed by atoms with Crippen molar-refractivity contribution in [2.45, 2.75) is 19.9 Å². The van der Waals surface area contributed by atoms with Crippen LogP contribution in [0.1, 0.15) is 19.5 Å². The molecule has 6 heteroatoms. The third-order valence-corrected chi connectivity index (χ3v) is 2.03. The van der Waals surface area contributed by atoms with E-state index < -0.39 is 12.0 Å². The fraction of sp³-hybridized carbons (Fsp3) is 0.400. The molecule has 6 nitrogen and oxygen atoms in total. The van der Waals surface area contributed by atoms with Gasteiger partial charge in [0.25, 0.3) is 0 Å². The van der Waals surface area contributed by atoms with E-state index >= 15 is 0 Å². The Balaban J connectivity index is 2.94. The molecule has 0 aromatic carbocycles. The minimum atomic E-state index is -0.982. The van der Waals surface area contributed by atoms with Crippen LogP contribution in [0.2, 0.25) is 0 Å². The zero-order valence-electron chi connectivity index (χ0n) is 9.01. The van der Waals surface area contributed by atoms with Crippen LogP contribution in [0.25, 0.3) is 0 Å². The van der Waals surface area contributed by atoms with E-state index in [1.165, 1.54) is 12.4 Å². The van der Waals surface area contributed by atoms with Crippen molar-refractivity contribution in [1.82, 2.24) is 9.97 Å². The molecule has 0 saturated carbocycles. The Morgan fingerprint density at radius 1 is 1.50 bits per heavy atom. The van der Waals surface area contributed by atoms with Crippen LogP contribution >= 0.6 is 0 Å². The second kappa shape index (κ2) is 5.07. The lowest BCUT2D eigenvalue weighted by atomic mass is 10.0. The minimum absolute atomic E-state index is 0.0920. The van der Waals surface area contributed by atoms with Gasteiger partial charge in [0.2, 0.25) is 0 Å². The Bertz CT molecular complexity index is 425. The topological polar surface area (TPSA) is 98.9 Å². The van der Waals surface area contributed by atoms with Gasteiger partial charge in [0, 0.05) is 12.4 Å². The molecular formula is C10H12N4O2. The first-order chi connectivity index (χ1) is 7.56. The predicted molar refractivity (Wildman–Crippen MR) is 56.6 cm³/mol. The third-order valence-electron chi connectivity index (χ3n) is 2.03. The Morgan fingerprint density at radius 2 is 2.12 bits per heavy atom. The Kier molecular flexibility index (Phi) is 3.78. The summed E-state index contributed by atoms with van der Waals surface area (Å²) >= 11 is 0. The molecule has 16 heavy (non-hydrogen) atoms. The summed E-state index contributed by atoms with van der Waals surface area (Å²) in [6.45, 7) is 3.54. The lowest BCUT2D eigenvalue weighted by Gasteiger charge is -2.18. The zero-order chi connectivity index (χ0) is 12.1. The van der Waals surface area contributed by atoms with E-state index in [4.69, 9.17) is 10.4 Å². The van der Waals surface area contributed by atoms with Crippen molar-refractivity contribution >= 4 is 11.8 Å². The van der Waals surface area contributed by atoms with Crippen molar-refractivity contribution in [2.24, 2.45) is 5.92 Å². The second-order valence-electron chi connectivity index (χ2n) is 3.57. The molecule has 1 atom stereocenters. The van der Waals surface area contributed by atoms with Gasteiger partial charge >= 0.3 is 5.97 Å². The first-order valence-corrected chi connectivity index (χ1v) is 4.76. The van der Waals surface area contributed by atoms with E-state index in [-0.39, 0.29) is 17.4 Å². The van der Waals surface area contributed by atoms with Crippen molar-refractivity contribution in [3.05, 3.63) is 18.1 Å². The number of nitriles is 1. The molecule has 84 valence electrons. The maximum Gasteiger partial charge on any atom is 0.326 e. The highest BCUT2D eigenvalue weighted by Crippen LogP contribution is 2.12. The highest BCUT2D eigenvalue weighted by atomic mass is 16.4. The number of aromatic nitrogens is 2. The molecule has 0 saturated heterocycles. The van der Waals surface area contributed by atoms with Crippen LogP contribution in [0.15, 0.2) is 12.4 Å². The second-order valence-corrected chi connectivity index (χ2v) is 3.57. The fourth-order valence-electron chi connectivity index (χ4n) is 1.19. The van der Waals surface area contributed by atoms with Gasteiger partial charge < -0.3 is 10.4 Å². The average Bonchev–Trinajstić information content (AvgIpc) is 2.25. The van der Waals surface area contributed by atoms with Crippen LogP contribution in [-0.2, 0) is 4.79 Å². The average molecular weight is 220 g/mol. The van der Waals surface area contributed by atoms with Gasteiger partial charge in [0.1, 0.15) is 12.1 Å². The van der Waals surface area contributed by atoms with Crippen molar-refractivity contribution in [3.63, 3.8) is 0 Å². The predicted octanol–water partition coefficient (Wildman–Crippen LogP) is 0.869. The fourth-order valence-corrected chi connectivity index (χ4v) is 1.19. The van der Waals surface area contributed by atoms with Crippen molar-refractivity contribution in [3.8, 4) is 6.07 Å². The molecule has 0 aliphatic heterocycles. The van der Waals surface area contributed by atoms with Gasteiger partial charge in [-0.25, -0.2) is 14.8 Å². The molecule has 0 amide bonds. The van der Waals surface area contributed by atoms with Gasteiger partial charge in [0.05, 0.1) is 0 Å². The van der Waals surface area contributed by atoms with E-state index in [1.807, 2.05) is 6.07 Å². The number of hydrogen-bond acceptors (Lipinski definition) is 5. The monoisotopic (exact) mass is 220 g/mol. The Hall–Kier alpha value is -2.16. The molecule has 2 N–H and O–H groups in total. The smallest absolute Gasteiger partial charge is 0.326 e. The maximum absolute atomic E-state index is 11.0. The summed E-state index contributed by atoms with van der Waals surface area (Å²) in [4.78, 5) is 18.6. The summed E-state index contributed by atoms with van der Waals surface area (Å²) in [5, 5.41) is 20.4. The number of carboxylic acid groups (broad SMARTS) is 1. The zero-order valence-corrected chi connectivity index (χ0v) is 9.01. The standard InChI is InChI=1S/C10H12N4O2/c1-6(2)8(10(15)16)14-9-7(5-11)12-3-4-13-9/h3-4,6,8H,1-2H3,(H,13,14)(H,15,16). The first kappa shape index (κ1) is 11.9. The lowest BCUT2D eigenvalue weighted by molar-refractivity contribution is -0.138. The van der Waals surface area contributed by atoms with Gasteiger partial charge in [-0.05, 0) is 5.92 Å². The summed E-state index contributed by atoms with van der Waals surface area (Å²) in [7, 11) is 0. The summed E-state index contributed by atoms with van der Waals surface area (Å²) in [5.74, 6) is -0.901. The summed E-state index contributed by atoms with van der Waals surface area (Å²) in [5.41, 5.74) is 0.0920. The van der Waals surface area contributed by atoms with Crippen molar-refractivity contribution in [2.75, 3.05) is 5.32 Å². The molecule has 0 aliphatic rings. The summed E-state index contributed by atoms with van der Waals surface area (Å²) < 4.78 is 0. The largest absolute Gasteiger partial charge is 0.480 e. The number of nitrogens with one attached hydrogen (secondary N) is 1. The number of hydrogen-bond donors (Lipinski definition) is 2. The molecule has 0 aliphatic carbocycles. The molecule has 0 fully saturated rings. The first-order valence-electron chi connectivity index (χ1n) is 4.76. The van der Waals surface area contributed by atoms with E-state index in [2.05, 4.69) is 15.3 Å². The minimum Gasteiger partial charge on any atom is -0.480 e. The lowest BCUT2D eigenvalue weighted by Crippen LogP contribution is -2.35. The number of carbonyl (C=O) groups is 1. The van der Waals surface area contributed by atoms with Gasteiger partial charge in [-0.1, -0.05) is 13.8 Å². The summed E-state index contributed by atoms with van der Waals surface area (Å²) in [6, 6.07) is 1.06. The molecule has 0 spiro atoms. The Labute approximate surface area is 93.0 Å². The van der Waals surface area contributed by atoms with Crippen molar-refractivity contribution < 1.29 is 9.90 Å². The van der Waals surface area contributed by atoms with Gasteiger partial charge in [0.15, 0.2) is 11.5 Å². The third kappa shape index (κ3) is 2.67. The highest BCUT2D eigenvalue weighted by molar-refractivity contribution is 5.77. The van der Waals surface area contributed by atoms with E-state index in [0.29, 0.717) is 0 Å². The van der Waals surface area contributed by atoms with E-state index in [9.17, 15) is 4.79 Å². The highest BCUT2D eigenvalue weighted by Gasteiger charge is 2.22. The molecule has 0 bridgehead atoms. The van der Waals surface area contributed by atoms with Gasteiger partial charge in [-0.2, -0.15) is 5.26 Å². The van der Waals surface area contributed by atoms with Crippen LogP contribution in [0.3, 0.4) is 0 Å². The number of carboxylic acids is 1. The van der Waals surface area contributed by atoms with Crippen LogP contribution in [0.4, 0.5) is 5.82 Å². The Morgan fingerprint density at radius 3 is 2.62 bits per heavy atom. The van der Waals surface area contributed by atoms with Crippen LogP contribution in [0, 0.1) is 17.2 Å². The normalized spacial score (nSPS) is 11.9. The maximum atomic E-state index is 11.0. The number of nitrogens with zero attached hydrogens (tertiary/aromatic N) is 3. The molecule has 1 heterocycles. The van der Waals surface area contributed by atoms with Crippen LogP contribution in [-0.4, -0.2) is 27.1 Å². The molecule has 1 aromatic heterocycles. The van der Waals surface area contributed by atoms with Gasteiger partial charge in [-0.3, -0.25) is 0 Å². The number of anilines is 1. The van der Waals surface area contributed by atoms with E-state index in [0.717, 1.165) is 0 Å². The van der Waals surface area contributed by atoms with Crippen molar-refractivity contribution in [1.29, 1.82) is 5.26 Å². The molecule has 1 rings (SSSR count). The molecule has 0 radical (unpaired) electrons. The van der Waals surface area contributed by atoms with Gasteiger partial charge in [-0.15, -0.1) is 0 Å². The molecule has 1 aromatic rings. The SMILES string of the molecule is CC(C)C(Nc1nccnc1C#N)C(=O)O. The van der Waals surface area contributed by atoms with E-state index in [1.54, 1.807) is 13.8 Å².